The second kappa shape index (κ2) is 4.60. The summed E-state index contributed by atoms with van der Waals surface area (Å²) >= 11 is 17.2. The van der Waals surface area contributed by atoms with E-state index in [0.717, 1.165) is 0 Å². The molecule has 0 atom stereocenters. The highest BCUT2D eigenvalue weighted by molar-refractivity contribution is 9.11. The van der Waals surface area contributed by atoms with Gasteiger partial charge in [0.05, 0.1) is 6.54 Å². The van der Waals surface area contributed by atoms with Crippen LogP contribution in [0.2, 0.25) is 0 Å². The van der Waals surface area contributed by atoms with Gasteiger partial charge in [0.25, 0.3) is 0 Å². The van der Waals surface area contributed by atoms with Crippen LogP contribution in [0.4, 0.5) is 0 Å². The van der Waals surface area contributed by atoms with Gasteiger partial charge in [-0.3, -0.25) is 0 Å². The second-order valence-electron chi connectivity index (χ2n) is 1.83. The van der Waals surface area contributed by atoms with E-state index in [2.05, 4.69) is 41.9 Å². The van der Waals surface area contributed by atoms with Crippen LogP contribution < -0.4 is 0 Å². The van der Waals surface area contributed by atoms with Gasteiger partial charge in [-0.05, 0) is 37.9 Å². The van der Waals surface area contributed by atoms with E-state index in [9.17, 15) is 0 Å². The van der Waals surface area contributed by atoms with Gasteiger partial charge < -0.3 is 0 Å². The maximum absolute atomic E-state index is 5.42. The van der Waals surface area contributed by atoms with Crippen molar-refractivity contribution in [3.05, 3.63) is 20.0 Å². The Morgan fingerprint density at radius 1 is 1.50 bits per heavy atom. The van der Waals surface area contributed by atoms with Crippen LogP contribution in [0.25, 0.3) is 0 Å². The van der Waals surface area contributed by atoms with Crippen LogP contribution in [0, 0.1) is 0 Å². The van der Waals surface area contributed by atoms with Gasteiger partial charge in [0, 0.05) is 0 Å². The lowest BCUT2D eigenvalue weighted by Gasteiger charge is -1.94. The molecule has 0 saturated carbocycles. The Hall–Kier alpha value is 0.420. The van der Waals surface area contributed by atoms with Crippen molar-refractivity contribution in [2.45, 2.75) is 6.54 Å². The molecule has 0 unspecified atom stereocenters. The van der Waals surface area contributed by atoms with Gasteiger partial charge in [0.2, 0.25) is 4.73 Å². The number of rotatable bonds is 2. The fourth-order valence-electron chi connectivity index (χ4n) is 0.569. The van der Waals surface area contributed by atoms with Crippen LogP contribution in [-0.2, 0) is 6.54 Å². The van der Waals surface area contributed by atoms with Gasteiger partial charge in [-0.15, -0.1) is 5.10 Å². The van der Waals surface area contributed by atoms with E-state index in [-0.39, 0.29) is 4.49 Å². The standard InChI is InChI=1S/C5H3Br2Cl2N3/c6-4-10-5(7)12(11-4)2-1-3(8)9/h1H,2H2. The van der Waals surface area contributed by atoms with E-state index >= 15 is 0 Å². The van der Waals surface area contributed by atoms with E-state index in [1.165, 1.54) is 0 Å². The zero-order chi connectivity index (χ0) is 9.14. The van der Waals surface area contributed by atoms with Crippen molar-refractivity contribution in [2.75, 3.05) is 0 Å². The molecule has 0 bridgehead atoms. The number of halogens is 4. The van der Waals surface area contributed by atoms with Crippen LogP contribution in [0.15, 0.2) is 20.0 Å². The average molecular weight is 336 g/mol. The van der Waals surface area contributed by atoms with E-state index in [1.54, 1.807) is 10.8 Å². The van der Waals surface area contributed by atoms with Crippen LogP contribution in [-0.4, -0.2) is 14.8 Å². The van der Waals surface area contributed by atoms with E-state index in [0.29, 0.717) is 16.0 Å². The Kier molecular flexibility index (Phi) is 4.02. The van der Waals surface area contributed by atoms with Gasteiger partial charge in [-0.25, -0.2) is 4.68 Å². The lowest BCUT2D eigenvalue weighted by molar-refractivity contribution is 0.678. The zero-order valence-electron chi connectivity index (χ0n) is 5.64. The molecule has 3 nitrogen and oxygen atoms in total. The molecule has 1 aromatic heterocycles. The molecule has 66 valence electrons. The van der Waals surface area contributed by atoms with Gasteiger partial charge in [0.15, 0.2) is 4.73 Å². The molecule has 0 aliphatic carbocycles. The third-order valence-electron chi connectivity index (χ3n) is 1.02. The van der Waals surface area contributed by atoms with E-state index < -0.39 is 0 Å². The SMILES string of the molecule is ClC(Cl)=CCn1nc(Br)nc1Br. The summed E-state index contributed by atoms with van der Waals surface area (Å²) in [6.45, 7) is 0.488. The molecule has 0 aliphatic rings. The quantitative estimate of drug-likeness (QED) is 0.831. The smallest absolute Gasteiger partial charge is 0.218 e. The molecule has 1 rings (SSSR count). The number of aromatic nitrogens is 3. The van der Waals surface area contributed by atoms with Crippen molar-refractivity contribution >= 4 is 55.1 Å². The summed E-state index contributed by atoms with van der Waals surface area (Å²) in [7, 11) is 0. The topological polar surface area (TPSA) is 30.7 Å². The first-order valence-corrected chi connectivity index (χ1v) is 5.21. The summed E-state index contributed by atoms with van der Waals surface area (Å²) in [5.41, 5.74) is 0. The minimum Gasteiger partial charge on any atom is -0.235 e. The van der Waals surface area contributed by atoms with Crippen molar-refractivity contribution in [3.8, 4) is 0 Å². The molecule has 0 N–H and O–H groups in total. The molecule has 0 spiro atoms. The van der Waals surface area contributed by atoms with Crippen molar-refractivity contribution in [3.63, 3.8) is 0 Å². The third kappa shape index (κ3) is 3.05. The lowest BCUT2D eigenvalue weighted by atomic mass is 10.6. The largest absolute Gasteiger partial charge is 0.235 e. The highest BCUT2D eigenvalue weighted by atomic mass is 79.9. The summed E-state index contributed by atoms with van der Waals surface area (Å²) in [5.74, 6) is 0. The summed E-state index contributed by atoms with van der Waals surface area (Å²) in [5, 5.41) is 4.00. The molecule has 0 saturated heterocycles. The first-order chi connectivity index (χ1) is 5.59. The molecule has 7 heteroatoms. The summed E-state index contributed by atoms with van der Waals surface area (Å²) in [6.07, 6.45) is 1.62. The average Bonchev–Trinajstić information content (AvgIpc) is 2.26. The number of nitrogens with zero attached hydrogens (tertiary/aromatic N) is 3. The number of hydrogen-bond acceptors (Lipinski definition) is 2. The Bertz CT molecular complexity index is 306. The minimum atomic E-state index is 0.216. The highest BCUT2D eigenvalue weighted by Gasteiger charge is 2.02. The molecule has 0 aliphatic heterocycles. The fraction of sp³-hybridized carbons (Fsp3) is 0.200. The van der Waals surface area contributed by atoms with Crippen molar-refractivity contribution in [1.82, 2.24) is 14.8 Å². The highest BCUT2D eigenvalue weighted by Crippen LogP contribution is 2.12. The molecular weight excluding hydrogens is 333 g/mol. The van der Waals surface area contributed by atoms with Crippen LogP contribution in [0.5, 0.6) is 0 Å². The van der Waals surface area contributed by atoms with Gasteiger partial charge in [-0.1, -0.05) is 23.2 Å². The third-order valence-corrected chi connectivity index (χ3v) is 2.25. The molecule has 0 amide bonds. The molecular formula is C5H3Br2Cl2N3. The molecule has 1 aromatic rings. The Balaban J connectivity index is 2.75. The van der Waals surface area contributed by atoms with E-state index in [4.69, 9.17) is 23.2 Å². The van der Waals surface area contributed by atoms with Gasteiger partial charge >= 0.3 is 0 Å². The summed E-state index contributed by atoms with van der Waals surface area (Å²) in [4.78, 5) is 3.96. The van der Waals surface area contributed by atoms with Gasteiger partial charge in [-0.2, -0.15) is 4.98 Å². The normalized spacial score (nSPS) is 10.0. The van der Waals surface area contributed by atoms with Crippen molar-refractivity contribution in [2.24, 2.45) is 0 Å². The predicted molar refractivity (Wildman–Crippen MR) is 55.2 cm³/mol. The fourth-order valence-corrected chi connectivity index (χ4v) is 1.70. The van der Waals surface area contributed by atoms with Crippen LogP contribution >= 0.6 is 55.1 Å². The number of hydrogen-bond donors (Lipinski definition) is 0. The molecule has 1 heterocycles. The Morgan fingerprint density at radius 3 is 2.58 bits per heavy atom. The van der Waals surface area contributed by atoms with Crippen LogP contribution in [0.3, 0.4) is 0 Å². The molecule has 0 aromatic carbocycles. The summed E-state index contributed by atoms with van der Waals surface area (Å²) < 4.78 is 2.97. The predicted octanol–water partition coefficient (Wildman–Crippen LogP) is 3.12. The maximum Gasteiger partial charge on any atom is 0.218 e. The first kappa shape index (κ1) is 10.5. The Morgan fingerprint density at radius 2 is 2.17 bits per heavy atom. The first-order valence-electron chi connectivity index (χ1n) is 2.86. The molecule has 0 fully saturated rings. The van der Waals surface area contributed by atoms with Crippen LogP contribution in [0.1, 0.15) is 0 Å². The maximum atomic E-state index is 5.42. The summed E-state index contributed by atoms with van der Waals surface area (Å²) in [6, 6.07) is 0. The van der Waals surface area contributed by atoms with E-state index in [1.807, 2.05) is 0 Å². The van der Waals surface area contributed by atoms with Gasteiger partial charge in [0.1, 0.15) is 4.49 Å². The monoisotopic (exact) mass is 333 g/mol. The van der Waals surface area contributed by atoms with Crippen molar-refractivity contribution in [1.29, 1.82) is 0 Å². The second-order valence-corrected chi connectivity index (χ2v) is 4.25. The lowest BCUT2D eigenvalue weighted by Crippen LogP contribution is -1.97. The molecule has 12 heavy (non-hydrogen) atoms. The minimum absolute atomic E-state index is 0.216. The number of allylic oxidation sites excluding steroid dienone is 1. The zero-order valence-corrected chi connectivity index (χ0v) is 10.3. The van der Waals surface area contributed by atoms with Crippen molar-refractivity contribution < 1.29 is 0 Å². The molecule has 0 radical (unpaired) electrons. The Labute approximate surface area is 96.0 Å².